The molecule has 1 aliphatic rings. The Morgan fingerprint density at radius 1 is 0.931 bits per heavy atom. The lowest BCUT2D eigenvalue weighted by atomic mass is 9.98. The molecule has 0 saturated carbocycles. The second-order valence-corrected chi connectivity index (χ2v) is 9.36. The van der Waals surface area contributed by atoms with Gasteiger partial charge < -0.3 is 4.74 Å². The Morgan fingerprint density at radius 3 is 2.24 bits per heavy atom. The van der Waals surface area contributed by atoms with E-state index in [0.717, 1.165) is 16.7 Å². The van der Waals surface area contributed by atoms with Gasteiger partial charge in [-0.25, -0.2) is 4.90 Å². The number of ether oxygens (including phenoxy) is 1. The molecule has 2 amide bonds. The monoisotopic (exact) mass is 409 g/mol. The minimum atomic E-state index is -0.301. The van der Waals surface area contributed by atoms with Crippen molar-refractivity contribution in [1.82, 2.24) is 0 Å². The van der Waals surface area contributed by atoms with Crippen molar-refractivity contribution in [2.24, 2.45) is 0 Å². The molecule has 0 fully saturated rings. The van der Waals surface area contributed by atoms with Crippen LogP contribution in [0.15, 0.2) is 47.4 Å². The van der Waals surface area contributed by atoms with Crippen LogP contribution in [0.4, 0.5) is 5.69 Å². The van der Waals surface area contributed by atoms with E-state index in [0.29, 0.717) is 21.9 Å². The third-order valence-electron chi connectivity index (χ3n) is 4.51. The molecule has 0 atom stereocenters. The second-order valence-electron chi connectivity index (χ2n) is 7.77. The number of carbonyl (C=O) groups excluding carboxylic acids is 2. The lowest BCUT2D eigenvalue weighted by molar-refractivity contribution is -0.119. The number of para-hydroxylation sites is 2. The summed E-state index contributed by atoms with van der Waals surface area (Å²) in [5, 5.41) is 0.171. The molecule has 29 heavy (non-hydrogen) atoms. The number of thioether (sulfide) groups is 1. The van der Waals surface area contributed by atoms with Gasteiger partial charge in [0.1, 0.15) is 5.75 Å². The lowest BCUT2D eigenvalue weighted by Crippen LogP contribution is -2.32. The highest BCUT2D eigenvalue weighted by Crippen LogP contribution is 2.43. The van der Waals surface area contributed by atoms with Crippen molar-refractivity contribution < 1.29 is 14.3 Å². The number of aryl methyl sites for hydroxylation is 2. The molecule has 1 aliphatic heterocycles. The molecule has 0 saturated heterocycles. The van der Waals surface area contributed by atoms with E-state index in [4.69, 9.17) is 4.74 Å². The van der Waals surface area contributed by atoms with Gasteiger partial charge in [0.2, 0.25) is 0 Å². The van der Waals surface area contributed by atoms with Crippen LogP contribution < -0.4 is 9.64 Å². The molecule has 152 valence electrons. The molecule has 1 heterocycles. The van der Waals surface area contributed by atoms with Crippen molar-refractivity contribution in [2.45, 2.75) is 52.9 Å². The number of anilines is 1. The third kappa shape index (κ3) is 4.25. The maximum atomic E-state index is 13.6. The maximum Gasteiger partial charge on any atom is 0.272 e. The Balaban J connectivity index is 2.15. The first kappa shape index (κ1) is 21.2. The average molecular weight is 410 g/mol. The van der Waals surface area contributed by atoms with Crippen LogP contribution in [0.5, 0.6) is 5.75 Å². The predicted molar refractivity (Wildman–Crippen MR) is 120 cm³/mol. The molecule has 4 nitrogen and oxygen atoms in total. The zero-order chi connectivity index (χ0) is 21.3. The molecule has 2 aromatic rings. The summed E-state index contributed by atoms with van der Waals surface area (Å²) in [5.41, 5.74) is 3.87. The Bertz CT molecular complexity index is 991. The molecule has 0 aromatic heterocycles. The van der Waals surface area contributed by atoms with Crippen molar-refractivity contribution in [3.8, 4) is 5.75 Å². The fraction of sp³-hybridized carbons (Fsp3) is 0.333. The number of nitrogens with zero attached hydrogens (tertiary/aromatic N) is 1. The number of hydrogen-bond donors (Lipinski definition) is 0. The summed E-state index contributed by atoms with van der Waals surface area (Å²) in [6.07, 6.45) is -0.0692. The summed E-state index contributed by atoms with van der Waals surface area (Å²) in [5.74, 6) is -0.0617. The van der Waals surface area contributed by atoms with Crippen LogP contribution in [0.3, 0.4) is 0 Å². The van der Waals surface area contributed by atoms with E-state index in [1.807, 2.05) is 71.9 Å². The zero-order valence-electron chi connectivity index (χ0n) is 17.8. The number of carbonyl (C=O) groups is 2. The van der Waals surface area contributed by atoms with Crippen molar-refractivity contribution in [2.75, 3.05) is 4.90 Å². The maximum absolute atomic E-state index is 13.6. The van der Waals surface area contributed by atoms with Crippen molar-refractivity contribution in [3.63, 3.8) is 0 Å². The highest BCUT2D eigenvalue weighted by atomic mass is 32.2. The Morgan fingerprint density at radius 2 is 1.62 bits per heavy atom. The highest BCUT2D eigenvalue weighted by molar-refractivity contribution is 8.04. The molecular weight excluding hydrogens is 382 g/mol. The van der Waals surface area contributed by atoms with Gasteiger partial charge in [0.05, 0.1) is 22.3 Å². The van der Waals surface area contributed by atoms with Crippen LogP contribution in [0.1, 0.15) is 44.4 Å². The number of hydrogen-bond acceptors (Lipinski definition) is 4. The summed E-state index contributed by atoms with van der Waals surface area (Å²) in [6.45, 7) is 11.9. The van der Waals surface area contributed by atoms with Gasteiger partial charge in [-0.2, -0.15) is 0 Å². The standard InChI is InChI=1S/C24H27NO3S/c1-14(2)28-20-10-8-7-9-19(20)25-23(26)21(22(24(25)27)29-15(3)4)18-12-11-16(5)13-17(18)6/h7-15H,1-6H3. The first-order valence-corrected chi connectivity index (χ1v) is 10.7. The second kappa shape index (κ2) is 8.46. The number of rotatable bonds is 6. The molecule has 3 rings (SSSR count). The van der Waals surface area contributed by atoms with Gasteiger partial charge in [-0.1, -0.05) is 49.7 Å². The molecule has 0 unspecified atom stereocenters. The SMILES string of the molecule is Cc1ccc(C2=C(SC(C)C)C(=O)N(c3ccccc3OC(C)C)C2=O)c(C)c1. The largest absolute Gasteiger partial charge is 0.489 e. The third-order valence-corrected chi connectivity index (χ3v) is 5.60. The van der Waals surface area contributed by atoms with Crippen LogP contribution in [0.2, 0.25) is 0 Å². The van der Waals surface area contributed by atoms with E-state index in [2.05, 4.69) is 0 Å². The smallest absolute Gasteiger partial charge is 0.272 e. The van der Waals surface area contributed by atoms with Crippen molar-refractivity contribution in [1.29, 1.82) is 0 Å². The van der Waals surface area contributed by atoms with Gasteiger partial charge in [0.25, 0.3) is 11.8 Å². The first-order valence-electron chi connectivity index (χ1n) is 9.83. The van der Waals surface area contributed by atoms with Crippen LogP contribution in [-0.2, 0) is 9.59 Å². The molecule has 5 heteroatoms. The van der Waals surface area contributed by atoms with Gasteiger partial charge in [0, 0.05) is 5.25 Å². The van der Waals surface area contributed by atoms with E-state index < -0.39 is 0 Å². The molecule has 2 aromatic carbocycles. The van der Waals surface area contributed by atoms with Gasteiger partial charge in [-0.3, -0.25) is 9.59 Å². The van der Waals surface area contributed by atoms with Gasteiger partial charge in [0.15, 0.2) is 0 Å². The van der Waals surface area contributed by atoms with Crippen LogP contribution in [0, 0.1) is 13.8 Å². The molecule has 0 spiro atoms. The first-order chi connectivity index (χ1) is 13.7. The van der Waals surface area contributed by atoms with Crippen molar-refractivity contribution >= 4 is 34.8 Å². The van der Waals surface area contributed by atoms with Crippen LogP contribution >= 0.6 is 11.8 Å². The van der Waals surface area contributed by atoms with Crippen LogP contribution in [0.25, 0.3) is 5.57 Å². The summed E-state index contributed by atoms with van der Waals surface area (Å²) in [6, 6.07) is 13.2. The molecule has 0 bridgehead atoms. The van der Waals surface area contributed by atoms with E-state index >= 15 is 0 Å². The van der Waals surface area contributed by atoms with Gasteiger partial charge in [-0.15, -0.1) is 11.8 Å². The fourth-order valence-corrected chi connectivity index (χ4v) is 4.38. The van der Waals surface area contributed by atoms with E-state index in [1.165, 1.54) is 16.7 Å². The quantitative estimate of drug-likeness (QED) is 0.590. The van der Waals surface area contributed by atoms with Gasteiger partial charge >= 0.3 is 0 Å². The minimum Gasteiger partial charge on any atom is -0.489 e. The highest BCUT2D eigenvalue weighted by Gasteiger charge is 2.42. The molecule has 0 radical (unpaired) electrons. The minimum absolute atomic E-state index is 0.0692. The molecular formula is C24H27NO3S. The summed E-state index contributed by atoms with van der Waals surface area (Å²) < 4.78 is 5.88. The Labute approximate surface area is 176 Å². The Hall–Kier alpha value is -2.53. The lowest BCUT2D eigenvalue weighted by Gasteiger charge is -2.20. The molecule has 0 N–H and O–H groups in total. The summed E-state index contributed by atoms with van der Waals surface area (Å²) in [4.78, 5) is 28.7. The zero-order valence-corrected chi connectivity index (χ0v) is 18.6. The number of amides is 2. The Kier molecular flexibility index (Phi) is 6.18. The van der Waals surface area contributed by atoms with Crippen LogP contribution in [-0.4, -0.2) is 23.2 Å². The summed E-state index contributed by atoms with van der Waals surface area (Å²) in [7, 11) is 0. The topological polar surface area (TPSA) is 46.6 Å². The van der Waals surface area contributed by atoms with Gasteiger partial charge in [-0.05, 0) is 51.0 Å². The van der Waals surface area contributed by atoms with Crippen molar-refractivity contribution in [3.05, 3.63) is 64.1 Å². The average Bonchev–Trinajstić information content (AvgIpc) is 2.85. The van der Waals surface area contributed by atoms with E-state index in [-0.39, 0.29) is 23.2 Å². The predicted octanol–water partition coefficient (Wildman–Crippen LogP) is 5.52. The summed E-state index contributed by atoms with van der Waals surface area (Å²) >= 11 is 1.43. The number of benzene rings is 2. The fourth-order valence-electron chi connectivity index (χ4n) is 3.40. The molecule has 0 aliphatic carbocycles. The van der Waals surface area contributed by atoms with E-state index in [9.17, 15) is 9.59 Å². The number of imide groups is 1. The van der Waals surface area contributed by atoms with E-state index in [1.54, 1.807) is 12.1 Å². The normalized spacial score (nSPS) is 14.6.